The van der Waals surface area contributed by atoms with Crippen LogP contribution in [-0.2, 0) is 28.6 Å². The van der Waals surface area contributed by atoms with E-state index in [1.165, 1.54) is 96.3 Å². The van der Waals surface area contributed by atoms with Crippen molar-refractivity contribution in [2.24, 2.45) is 0 Å². The van der Waals surface area contributed by atoms with Gasteiger partial charge in [0.25, 0.3) is 0 Å². The van der Waals surface area contributed by atoms with Crippen molar-refractivity contribution in [2.75, 3.05) is 13.2 Å². The molecule has 0 heterocycles. The number of allylic oxidation sites excluding steroid dienone is 4. The van der Waals surface area contributed by atoms with Crippen molar-refractivity contribution in [1.82, 2.24) is 0 Å². The van der Waals surface area contributed by atoms with Crippen LogP contribution in [0.5, 0.6) is 0 Å². The lowest BCUT2D eigenvalue weighted by atomic mass is 10.1. The van der Waals surface area contributed by atoms with Crippen LogP contribution in [0.15, 0.2) is 24.3 Å². The van der Waals surface area contributed by atoms with Crippen LogP contribution in [0.3, 0.4) is 0 Å². The lowest BCUT2D eigenvalue weighted by Gasteiger charge is -2.18. The summed E-state index contributed by atoms with van der Waals surface area (Å²) in [5, 5.41) is 0. The van der Waals surface area contributed by atoms with E-state index in [0.29, 0.717) is 19.3 Å². The first-order valence-corrected chi connectivity index (χ1v) is 21.3. The van der Waals surface area contributed by atoms with Gasteiger partial charge < -0.3 is 14.2 Å². The molecule has 0 fully saturated rings. The fourth-order valence-electron chi connectivity index (χ4n) is 5.95. The smallest absolute Gasteiger partial charge is 0.306 e. The number of carbonyl (C=O) groups excluding carboxylic acids is 3. The molecule has 0 spiro atoms. The number of unbranched alkanes of at least 4 members (excludes halogenated alkanes) is 23. The van der Waals surface area contributed by atoms with E-state index in [4.69, 9.17) is 14.2 Å². The molecular weight excluding hydrogens is 624 g/mol. The number of ether oxygens (including phenoxy) is 3. The zero-order chi connectivity index (χ0) is 36.6. The third-order valence-electron chi connectivity index (χ3n) is 9.19. The summed E-state index contributed by atoms with van der Waals surface area (Å²) in [5.74, 6) is -0.891. The second-order valence-corrected chi connectivity index (χ2v) is 14.3. The van der Waals surface area contributed by atoms with Crippen molar-refractivity contribution in [1.29, 1.82) is 0 Å². The molecule has 50 heavy (non-hydrogen) atoms. The standard InChI is InChI=1S/C44H80O6/c1-4-7-10-13-16-19-21-22-24-25-28-31-34-37-43(46)49-40-41(39-48-42(45)36-33-30-27-18-15-12-9-6-3)50-44(47)38-35-32-29-26-23-20-17-14-11-8-5-2/h10,13,19,21,41H,4-9,11-12,14-18,20,22-40H2,1-3H3/b13-10-,21-19-. The predicted molar refractivity (Wildman–Crippen MR) is 210 cm³/mol. The Balaban J connectivity index is 4.35. The number of carbonyl (C=O) groups is 3. The average molecular weight is 705 g/mol. The van der Waals surface area contributed by atoms with Crippen molar-refractivity contribution in [2.45, 2.75) is 226 Å². The summed E-state index contributed by atoms with van der Waals surface area (Å²) in [4.78, 5) is 37.5. The number of hydrogen-bond acceptors (Lipinski definition) is 6. The van der Waals surface area contributed by atoms with Gasteiger partial charge in [0.15, 0.2) is 6.10 Å². The Morgan fingerprint density at radius 2 is 0.760 bits per heavy atom. The number of esters is 3. The Hall–Kier alpha value is -2.11. The first-order chi connectivity index (χ1) is 24.5. The number of hydrogen-bond donors (Lipinski definition) is 0. The van der Waals surface area contributed by atoms with E-state index < -0.39 is 6.10 Å². The minimum atomic E-state index is -0.767. The van der Waals surface area contributed by atoms with Crippen molar-refractivity contribution < 1.29 is 28.6 Å². The van der Waals surface area contributed by atoms with Crippen LogP contribution in [0.25, 0.3) is 0 Å². The zero-order valence-electron chi connectivity index (χ0n) is 33.2. The van der Waals surface area contributed by atoms with Crippen molar-refractivity contribution in [3.63, 3.8) is 0 Å². The third kappa shape index (κ3) is 37.2. The second-order valence-electron chi connectivity index (χ2n) is 14.3. The molecule has 1 atom stereocenters. The van der Waals surface area contributed by atoms with Crippen LogP contribution in [0.4, 0.5) is 0 Å². The molecule has 0 aromatic rings. The molecule has 0 radical (unpaired) electrons. The van der Waals surface area contributed by atoms with E-state index in [1.54, 1.807) is 0 Å². The third-order valence-corrected chi connectivity index (χ3v) is 9.19. The minimum Gasteiger partial charge on any atom is -0.462 e. The first-order valence-electron chi connectivity index (χ1n) is 21.3. The predicted octanol–water partition coefficient (Wildman–Crippen LogP) is 13.2. The highest BCUT2D eigenvalue weighted by molar-refractivity contribution is 5.71. The van der Waals surface area contributed by atoms with Gasteiger partial charge in [0.05, 0.1) is 0 Å². The van der Waals surface area contributed by atoms with E-state index in [2.05, 4.69) is 45.1 Å². The molecule has 0 amide bonds. The average Bonchev–Trinajstić information content (AvgIpc) is 3.11. The van der Waals surface area contributed by atoms with Gasteiger partial charge in [-0.2, -0.15) is 0 Å². The van der Waals surface area contributed by atoms with Gasteiger partial charge in [-0.25, -0.2) is 0 Å². The monoisotopic (exact) mass is 705 g/mol. The molecule has 0 bridgehead atoms. The normalized spacial score (nSPS) is 12.1. The van der Waals surface area contributed by atoms with E-state index >= 15 is 0 Å². The molecule has 6 nitrogen and oxygen atoms in total. The highest BCUT2D eigenvalue weighted by Crippen LogP contribution is 2.14. The summed E-state index contributed by atoms with van der Waals surface area (Å²) in [7, 11) is 0. The highest BCUT2D eigenvalue weighted by atomic mass is 16.6. The van der Waals surface area contributed by atoms with Crippen LogP contribution in [0, 0.1) is 0 Å². The molecule has 0 aliphatic carbocycles. The Morgan fingerprint density at radius 1 is 0.400 bits per heavy atom. The lowest BCUT2D eigenvalue weighted by molar-refractivity contribution is -0.167. The van der Waals surface area contributed by atoms with Crippen molar-refractivity contribution >= 4 is 17.9 Å². The van der Waals surface area contributed by atoms with E-state index in [0.717, 1.165) is 83.5 Å². The van der Waals surface area contributed by atoms with Gasteiger partial charge in [-0.05, 0) is 44.9 Å². The molecule has 6 heteroatoms. The summed E-state index contributed by atoms with van der Waals surface area (Å²) in [6, 6.07) is 0. The molecular formula is C44H80O6. The summed E-state index contributed by atoms with van der Waals surface area (Å²) in [6.45, 7) is 6.51. The highest BCUT2D eigenvalue weighted by Gasteiger charge is 2.19. The molecule has 0 aromatic heterocycles. The van der Waals surface area contributed by atoms with Crippen LogP contribution in [0.1, 0.15) is 220 Å². The van der Waals surface area contributed by atoms with Crippen LogP contribution < -0.4 is 0 Å². The molecule has 0 saturated heterocycles. The molecule has 1 unspecified atom stereocenters. The maximum absolute atomic E-state index is 12.6. The SMILES string of the molecule is CCC/C=C\C/C=C\CCCCCCCC(=O)OCC(COC(=O)CCCCCCCCCC)OC(=O)CCCCCCCCCCCCC. The summed E-state index contributed by atoms with van der Waals surface area (Å²) in [5.41, 5.74) is 0. The van der Waals surface area contributed by atoms with Crippen LogP contribution in [0.2, 0.25) is 0 Å². The van der Waals surface area contributed by atoms with E-state index in [-0.39, 0.29) is 31.1 Å². The Bertz CT molecular complexity index is 819. The van der Waals surface area contributed by atoms with Gasteiger partial charge in [-0.15, -0.1) is 0 Å². The molecule has 0 rings (SSSR count). The maximum Gasteiger partial charge on any atom is 0.306 e. The fourth-order valence-corrected chi connectivity index (χ4v) is 5.95. The molecule has 0 N–H and O–H groups in total. The molecule has 0 aromatic carbocycles. The maximum atomic E-state index is 12.6. The van der Waals surface area contributed by atoms with Gasteiger partial charge in [-0.3, -0.25) is 14.4 Å². The summed E-state index contributed by atoms with van der Waals surface area (Å²) >= 11 is 0. The largest absolute Gasteiger partial charge is 0.462 e. The van der Waals surface area contributed by atoms with E-state index in [1.807, 2.05) is 0 Å². The first kappa shape index (κ1) is 47.9. The topological polar surface area (TPSA) is 78.9 Å². The van der Waals surface area contributed by atoms with Gasteiger partial charge in [0.2, 0.25) is 0 Å². The van der Waals surface area contributed by atoms with E-state index in [9.17, 15) is 14.4 Å². The fraction of sp³-hybridized carbons (Fsp3) is 0.841. The van der Waals surface area contributed by atoms with Gasteiger partial charge in [0, 0.05) is 19.3 Å². The van der Waals surface area contributed by atoms with Crippen LogP contribution in [-0.4, -0.2) is 37.2 Å². The van der Waals surface area contributed by atoms with Gasteiger partial charge in [-0.1, -0.05) is 180 Å². The Morgan fingerprint density at radius 3 is 1.18 bits per heavy atom. The Labute approximate surface area is 309 Å². The van der Waals surface area contributed by atoms with Gasteiger partial charge >= 0.3 is 17.9 Å². The molecule has 0 aliphatic rings. The van der Waals surface area contributed by atoms with Crippen molar-refractivity contribution in [3.8, 4) is 0 Å². The van der Waals surface area contributed by atoms with Crippen molar-refractivity contribution in [3.05, 3.63) is 24.3 Å². The summed E-state index contributed by atoms with van der Waals surface area (Å²) < 4.78 is 16.6. The summed E-state index contributed by atoms with van der Waals surface area (Å²) in [6.07, 6.45) is 41.6. The van der Waals surface area contributed by atoms with Crippen LogP contribution >= 0.6 is 0 Å². The second kappa shape index (κ2) is 39.7. The Kier molecular flexibility index (Phi) is 38.0. The molecule has 0 aliphatic heterocycles. The lowest BCUT2D eigenvalue weighted by Crippen LogP contribution is -2.30. The minimum absolute atomic E-state index is 0.0728. The molecule has 0 saturated carbocycles. The zero-order valence-corrected chi connectivity index (χ0v) is 33.2. The number of rotatable bonds is 38. The van der Waals surface area contributed by atoms with Gasteiger partial charge in [0.1, 0.15) is 13.2 Å². The molecule has 292 valence electrons. The quantitative estimate of drug-likeness (QED) is 0.0275.